The number of rotatable bonds is 7. The average Bonchev–Trinajstić information content (AvgIpc) is 3.42. The van der Waals surface area contributed by atoms with Gasteiger partial charge in [-0.3, -0.25) is 9.59 Å². The SMILES string of the molecule is CCOC(=O)c1ccc(NC(=O)C[C@H]2C(=O)N(c3ccc(F)cc3)C(=O)N2C2CCCC2)cc1. The van der Waals surface area contributed by atoms with Crippen molar-refractivity contribution in [3.63, 3.8) is 0 Å². The summed E-state index contributed by atoms with van der Waals surface area (Å²) in [6, 6.07) is 9.82. The van der Waals surface area contributed by atoms with Crippen LogP contribution in [-0.4, -0.2) is 47.4 Å². The Kier molecular flexibility index (Phi) is 6.90. The van der Waals surface area contributed by atoms with Crippen LogP contribution in [0.25, 0.3) is 0 Å². The second kappa shape index (κ2) is 10.0. The molecule has 4 rings (SSSR count). The molecule has 1 atom stereocenters. The van der Waals surface area contributed by atoms with E-state index in [0.29, 0.717) is 11.3 Å². The van der Waals surface area contributed by atoms with Crippen LogP contribution in [0.2, 0.25) is 0 Å². The summed E-state index contributed by atoms with van der Waals surface area (Å²) in [6.07, 6.45) is 3.22. The van der Waals surface area contributed by atoms with Crippen molar-refractivity contribution in [2.24, 2.45) is 0 Å². The highest BCUT2D eigenvalue weighted by molar-refractivity contribution is 6.22. The molecule has 0 bridgehead atoms. The van der Waals surface area contributed by atoms with Crippen molar-refractivity contribution in [3.05, 3.63) is 59.9 Å². The van der Waals surface area contributed by atoms with Gasteiger partial charge in [0.15, 0.2) is 0 Å². The first-order valence-corrected chi connectivity index (χ1v) is 11.4. The van der Waals surface area contributed by atoms with Crippen LogP contribution < -0.4 is 10.2 Å². The quantitative estimate of drug-likeness (QED) is 0.488. The van der Waals surface area contributed by atoms with E-state index >= 15 is 0 Å². The molecule has 1 aliphatic carbocycles. The lowest BCUT2D eigenvalue weighted by Crippen LogP contribution is -2.43. The van der Waals surface area contributed by atoms with E-state index in [1.54, 1.807) is 31.2 Å². The fourth-order valence-corrected chi connectivity index (χ4v) is 4.51. The van der Waals surface area contributed by atoms with Crippen LogP contribution in [0.5, 0.6) is 0 Å². The van der Waals surface area contributed by atoms with Gasteiger partial charge in [0.1, 0.15) is 11.9 Å². The zero-order valence-corrected chi connectivity index (χ0v) is 18.8. The Bertz CT molecular complexity index is 1080. The number of ether oxygens (including phenoxy) is 1. The molecule has 2 aromatic carbocycles. The molecule has 1 heterocycles. The van der Waals surface area contributed by atoms with Gasteiger partial charge >= 0.3 is 12.0 Å². The predicted molar refractivity (Wildman–Crippen MR) is 123 cm³/mol. The lowest BCUT2D eigenvalue weighted by Gasteiger charge is -2.27. The Balaban J connectivity index is 1.50. The first-order chi connectivity index (χ1) is 16.4. The molecule has 4 amide bonds. The number of urea groups is 1. The molecule has 1 aliphatic heterocycles. The Morgan fingerprint density at radius 1 is 1.03 bits per heavy atom. The van der Waals surface area contributed by atoms with Gasteiger partial charge in [-0.1, -0.05) is 12.8 Å². The second-order valence-corrected chi connectivity index (χ2v) is 8.34. The first kappa shape index (κ1) is 23.4. The molecule has 1 saturated carbocycles. The minimum Gasteiger partial charge on any atom is -0.462 e. The van der Waals surface area contributed by atoms with Crippen LogP contribution >= 0.6 is 0 Å². The van der Waals surface area contributed by atoms with Gasteiger partial charge in [0.25, 0.3) is 5.91 Å². The molecule has 178 valence electrons. The van der Waals surface area contributed by atoms with E-state index in [9.17, 15) is 23.6 Å². The largest absolute Gasteiger partial charge is 0.462 e. The van der Waals surface area contributed by atoms with Crippen molar-refractivity contribution in [2.75, 3.05) is 16.8 Å². The zero-order valence-electron chi connectivity index (χ0n) is 18.8. The first-order valence-electron chi connectivity index (χ1n) is 11.4. The van der Waals surface area contributed by atoms with Crippen LogP contribution in [0.1, 0.15) is 49.4 Å². The number of esters is 1. The van der Waals surface area contributed by atoms with E-state index in [0.717, 1.165) is 30.6 Å². The van der Waals surface area contributed by atoms with Crippen LogP contribution in [0.15, 0.2) is 48.5 Å². The molecule has 1 N–H and O–H groups in total. The number of nitrogens with zero attached hydrogens (tertiary/aromatic N) is 2. The fraction of sp³-hybridized carbons (Fsp3) is 0.360. The predicted octanol–water partition coefficient (Wildman–Crippen LogP) is 4.11. The third-order valence-electron chi connectivity index (χ3n) is 6.11. The van der Waals surface area contributed by atoms with Gasteiger partial charge < -0.3 is 15.0 Å². The van der Waals surface area contributed by atoms with Gasteiger partial charge in [-0.05, 0) is 68.3 Å². The fourth-order valence-electron chi connectivity index (χ4n) is 4.51. The summed E-state index contributed by atoms with van der Waals surface area (Å²) < 4.78 is 18.3. The third kappa shape index (κ3) is 4.78. The number of carbonyl (C=O) groups excluding carboxylic acids is 4. The van der Waals surface area contributed by atoms with Gasteiger partial charge in [0.2, 0.25) is 5.91 Å². The number of anilines is 2. The van der Waals surface area contributed by atoms with Crippen molar-refractivity contribution in [1.82, 2.24) is 4.90 Å². The minimum absolute atomic E-state index is 0.122. The van der Waals surface area contributed by atoms with Crippen LogP contribution in [0, 0.1) is 5.82 Å². The Labute approximate surface area is 196 Å². The third-order valence-corrected chi connectivity index (χ3v) is 6.11. The highest BCUT2D eigenvalue weighted by Crippen LogP contribution is 2.34. The molecule has 2 aromatic rings. The molecule has 9 heteroatoms. The summed E-state index contributed by atoms with van der Waals surface area (Å²) >= 11 is 0. The Hall–Kier alpha value is -3.75. The van der Waals surface area contributed by atoms with Crippen molar-refractivity contribution in [1.29, 1.82) is 0 Å². The smallest absolute Gasteiger partial charge is 0.338 e. The van der Waals surface area contributed by atoms with Crippen LogP contribution in [-0.2, 0) is 14.3 Å². The molecule has 2 aliphatic rings. The minimum atomic E-state index is -0.945. The van der Waals surface area contributed by atoms with E-state index in [1.807, 2.05) is 0 Å². The molecule has 0 aromatic heterocycles. The molecule has 0 radical (unpaired) electrons. The molecule has 1 saturated heterocycles. The summed E-state index contributed by atoms with van der Waals surface area (Å²) in [5, 5.41) is 2.73. The number of halogens is 1. The van der Waals surface area contributed by atoms with Gasteiger partial charge in [-0.25, -0.2) is 18.9 Å². The Morgan fingerprint density at radius 3 is 2.29 bits per heavy atom. The highest BCUT2D eigenvalue weighted by atomic mass is 19.1. The van der Waals surface area contributed by atoms with Gasteiger partial charge in [-0.2, -0.15) is 0 Å². The molecular weight excluding hydrogens is 441 g/mol. The number of carbonyl (C=O) groups is 4. The summed E-state index contributed by atoms with van der Waals surface area (Å²) in [7, 11) is 0. The number of amides is 4. The van der Waals surface area contributed by atoms with E-state index in [-0.39, 0.29) is 24.8 Å². The molecule has 34 heavy (non-hydrogen) atoms. The second-order valence-electron chi connectivity index (χ2n) is 8.34. The van der Waals surface area contributed by atoms with Crippen LogP contribution in [0.3, 0.4) is 0 Å². The maximum absolute atomic E-state index is 13.4. The van der Waals surface area contributed by atoms with Gasteiger partial charge in [0, 0.05) is 11.7 Å². The van der Waals surface area contributed by atoms with Crippen molar-refractivity contribution < 1.29 is 28.3 Å². The topological polar surface area (TPSA) is 96.0 Å². The molecular formula is C25H26FN3O5. The maximum Gasteiger partial charge on any atom is 0.338 e. The summed E-state index contributed by atoms with van der Waals surface area (Å²) in [4.78, 5) is 53.7. The number of nitrogens with one attached hydrogen (secondary N) is 1. The number of imide groups is 1. The summed E-state index contributed by atoms with van der Waals surface area (Å²) in [5.74, 6) is -1.86. The number of hydrogen-bond acceptors (Lipinski definition) is 5. The van der Waals surface area contributed by atoms with E-state index in [2.05, 4.69) is 5.32 Å². The zero-order chi connectivity index (χ0) is 24.2. The summed E-state index contributed by atoms with van der Waals surface area (Å²) in [5.41, 5.74) is 1.09. The molecule has 0 spiro atoms. The van der Waals surface area contributed by atoms with Gasteiger partial charge in [-0.15, -0.1) is 0 Å². The number of benzene rings is 2. The lowest BCUT2D eigenvalue weighted by atomic mass is 10.1. The van der Waals surface area contributed by atoms with Crippen molar-refractivity contribution in [2.45, 2.75) is 51.1 Å². The van der Waals surface area contributed by atoms with Crippen molar-refractivity contribution >= 4 is 35.2 Å². The molecule has 0 unspecified atom stereocenters. The lowest BCUT2D eigenvalue weighted by molar-refractivity contribution is -0.124. The molecule has 8 nitrogen and oxygen atoms in total. The standard InChI is InChI=1S/C25H26FN3O5/c1-2-34-24(32)16-7-11-18(12-8-16)27-22(30)15-21-23(31)29(20-13-9-17(26)10-14-20)25(33)28(21)19-5-3-4-6-19/h7-14,19,21H,2-6,15H2,1H3,(H,27,30)/t21-/m0/s1. The van der Waals surface area contributed by atoms with E-state index in [4.69, 9.17) is 4.74 Å². The van der Waals surface area contributed by atoms with Crippen LogP contribution in [0.4, 0.5) is 20.6 Å². The van der Waals surface area contributed by atoms with Gasteiger partial charge in [0.05, 0.1) is 24.3 Å². The normalized spacial score (nSPS) is 18.5. The number of hydrogen-bond donors (Lipinski definition) is 1. The monoisotopic (exact) mass is 467 g/mol. The highest BCUT2D eigenvalue weighted by Gasteiger charge is 2.49. The van der Waals surface area contributed by atoms with E-state index < -0.39 is 35.7 Å². The van der Waals surface area contributed by atoms with E-state index in [1.165, 1.54) is 29.2 Å². The maximum atomic E-state index is 13.4. The van der Waals surface area contributed by atoms with Crippen molar-refractivity contribution in [3.8, 4) is 0 Å². The molecule has 2 fully saturated rings. The summed E-state index contributed by atoms with van der Waals surface area (Å²) in [6.45, 7) is 1.98. The average molecular weight is 467 g/mol. The Morgan fingerprint density at radius 2 is 1.68 bits per heavy atom.